The predicted octanol–water partition coefficient (Wildman–Crippen LogP) is 0.293. The molecule has 0 saturated carbocycles. The molecule has 1 rings (SSSR count). The lowest BCUT2D eigenvalue weighted by Gasteiger charge is -2.18. The normalized spacial score (nSPS) is 11.9. The third-order valence-electron chi connectivity index (χ3n) is 2.08. The third kappa shape index (κ3) is 3.95. The van der Waals surface area contributed by atoms with Crippen LogP contribution in [0.3, 0.4) is 0 Å². The van der Waals surface area contributed by atoms with Gasteiger partial charge in [-0.15, -0.1) is 6.58 Å². The second kappa shape index (κ2) is 5.95. The van der Waals surface area contributed by atoms with E-state index in [-0.39, 0.29) is 25.4 Å². The number of nitrogens with zero attached hydrogens (tertiary/aromatic N) is 2. The number of aliphatic hydroxyl groups excluding tert-OH is 1. The van der Waals surface area contributed by atoms with Crippen LogP contribution in [0.1, 0.15) is 11.5 Å². The van der Waals surface area contributed by atoms with E-state index in [1.807, 2.05) is 0 Å². The van der Waals surface area contributed by atoms with Crippen molar-refractivity contribution in [3.8, 4) is 0 Å². The molecule has 7 heteroatoms. The van der Waals surface area contributed by atoms with Crippen LogP contribution in [-0.4, -0.2) is 42.7 Å². The van der Waals surface area contributed by atoms with Gasteiger partial charge in [-0.1, -0.05) is 11.2 Å². The predicted molar refractivity (Wildman–Crippen MR) is 62.7 cm³/mol. The molecule has 0 aromatic carbocycles. The maximum atomic E-state index is 12.0. The van der Waals surface area contributed by atoms with Gasteiger partial charge in [0.1, 0.15) is 17.2 Å². The molecule has 1 aromatic rings. The molecule has 0 saturated heterocycles. The van der Waals surface area contributed by atoms with Crippen LogP contribution in [0, 0.1) is 6.92 Å². The van der Waals surface area contributed by atoms with Crippen molar-refractivity contribution in [3.05, 3.63) is 30.2 Å². The summed E-state index contributed by atoms with van der Waals surface area (Å²) < 4.78 is 29.9. The Balaban J connectivity index is 2.81. The van der Waals surface area contributed by atoms with Crippen molar-refractivity contribution in [2.45, 2.75) is 12.7 Å². The second-order valence-corrected chi connectivity index (χ2v) is 5.52. The van der Waals surface area contributed by atoms with Gasteiger partial charge < -0.3 is 9.63 Å². The number of hydrogen-bond donors (Lipinski definition) is 1. The van der Waals surface area contributed by atoms with Crippen LogP contribution in [0.4, 0.5) is 0 Å². The van der Waals surface area contributed by atoms with Crippen LogP contribution in [0.15, 0.2) is 23.2 Å². The molecular weight excluding hydrogens is 244 g/mol. The molecule has 1 heterocycles. The van der Waals surface area contributed by atoms with Crippen molar-refractivity contribution in [2.24, 2.45) is 0 Å². The lowest BCUT2D eigenvalue weighted by atomic mass is 10.4. The van der Waals surface area contributed by atoms with Crippen molar-refractivity contribution in [3.63, 3.8) is 0 Å². The van der Waals surface area contributed by atoms with Gasteiger partial charge in [-0.3, -0.25) is 0 Å². The van der Waals surface area contributed by atoms with E-state index < -0.39 is 10.0 Å². The molecule has 1 aromatic heterocycles. The Kier molecular flexibility index (Phi) is 4.86. The second-order valence-electron chi connectivity index (χ2n) is 3.56. The Labute approximate surface area is 101 Å². The molecule has 0 aliphatic heterocycles. The maximum Gasteiger partial charge on any atom is 0.220 e. The highest BCUT2D eigenvalue weighted by atomic mass is 32.2. The quantitative estimate of drug-likeness (QED) is 0.712. The molecule has 0 unspecified atom stereocenters. The summed E-state index contributed by atoms with van der Waals surface area (Å²) in [6.07, 6.45) is 1.47. The summed E-state index contributed by atoms with van der Waals surface area (Å²) in [6, 6.07) is 1.57. The molecule has 0 atom stereocenters. The van der Waals surface area contributed by atoms with E-state index in [1.165, 1.54) is 6.08 Å². The number of hydrogen-bond acceptors (Lipinski definition) is 5. The molecule has 0 bridgehead atoms. The summed E-state index contributed by atoms with van der Waals surface area (Å²) in [7, 11) is -3.51. The molecule has 96 valence electrons. The summed E-state index contributed by atoms with van der Waals surface area (Å²) in [5.41, 5.74) is 0.356. The summed E-state index contributed by atoms with van der Waals surface area (Å²) in [5.74, 6) is 0.325. The average Bonchev–Trinajstić information content (AvgIpc) is 2.63. The van der Waals surface area contributed by atoms with Gasteiger partial charge in [0.2, 0.25) is 10.0 Å². The number of aliphatic hydroxyl groups is 1. The Morgan fingerprint density at radius 2 is 2.35 bits per heavy atom. The minimum absolute atomic E-state index is 0.0468. The molecule has 17 heavy (non-hydrogen) atoms. The lowest BCUT2D eigenvalue weighted by molar-refractivity contribution is 0.260. The lowest BCUT2D eigenvalue weighted by Crippen LogP contribution is -2.34. The zero-order valence-corrected chi connectivity index (χ0v) is 10.5. The van der Waals surface area contributed by atoms with Gasteiger partial charge in [-0.25, -0.2) is 8.42 Å². The van der Waals surface area contributed by atoms with Crippen LogP contribution in [0.5, 0.6) is 0 Å². The smallest absolute Gasteiger partial charge is 0.220 e. The van der Waals surface area contributed by atoms with Crippen LogP contribution in [0.25, 0.3) is 0 Å². The van der Waals surface area contributed by atoms with Crippen LogP contribution in [0.2, 0.25) is 0 Å². The first-order valence-corrected chi connectivity index (χ1v) is 6.72. The van der Waals surface area contributed by atoms with Crippen molar-refractivity contribution in [1.29, 1.82) is 0 Å². The zero-order valence-electron chi connectivity index (χ0n) is 9.66. The van der Waals surface area contributed by atoms with Crippen molar-refractivity contribution < 1.29 is 18.0 Å². The van der Waals surface area contributed by atoms with E-state index in [0.29, 0.717) is 11.5 Å². The van der Waals surface area contributed by atoms with Crippen LogP contribution >= 0.6 is 0 Å². The number of rotatable bonds is 7. The van der Waals surface area contributed by atoms with Crippen LogP contribution < -0.4 is 0 Å². The SMILES string of the molecule is C=CCN(CCO)S(=O)(=O)Cc1cc(C)on1. The highest BCUT2D eigenvalue weighted by Gasteiger charge is 2.22. The van der Waals surface area contributed by atoms with Gasteiger partial charge in [0.25, 0.3) is 0 Å². The largest absolute Gasteiger partial charge is 0.395 e. The van der Waals surface area contributed by atoms with Gasteiger partial charge >= 0.3 is 0 Å². The van der Waals surface area contributed by atoms with Crippen molar-refractivity contribution in [2.75, 3.05) is 19.7 Å². The molecular formula is C10H16N2O4S. The van der Waals surface area contributed by atoms with Gasteiger partial charge in [-0.05, 0) is 6.92 Å². The molecule has 0 aliphatic carbocycles. The first-order valence-electron chi connectivity index (χ1n) is 5.11. The van der Waals surface area contributed by atoms with Crippen molar-refractivity contribution in [1.82, 2.24) is 9.46 Å². The molecule has 0 aliphatic rings. The Hall–Kier alpha value is -1.18. The van der Waals surface area contributed by atoms with Crippen molar-refractivity contribution >= 4 is 10.0 Å². The number of sulfonamides is 1. The Bertz CT molecular complexity index is 466. The highest BCUT2D eigenvalue weighted by Crippen LogP contribution is 2.10. The van der Waals surface area contributed by atoms with E-state index in [0.717, 1.165) is 4.31 Å². The van der Waals surface area contributed by atoms with E-state index in [4.69, 9.17) is 9.63 Å². The standard InChI is InChI=1S/C10H16N2O4S/c1-3-4-12(5-6-13)17(14,15)8-10-7-9(2)16-11-10/h3,7,13H,1,4-6,8H2,2H3. The minimum atomic E-state index is -3.51. The minimum Gasteiger partial charge on any atom is -0.395 e. The van der Waals surface area contributed by atoms with E-state index in [9.17, 15) is 8.42 Å². The zero-order chi connectivity index (χ0) is 12.9. The summed E-state index contributed by atoms with van der Waals surface area (Å²) in [5, 5.41) is 12.5. The third-order valence-corrected chi connectivity index (χ3v) is 3.86. The summed E-state index contributed by atoms with van der Waals surface area (Å²) in [6.45, 7) is 5.16. The highest BCUT2D eigenvalue weighted by molar-refractivity contribution is 7.88. The van der Waals surface area contributed by atoms with Gasteiger partial charge in [0.05, 0.1) is 6.61 Å². The monoisotopic (exact) mass is 260 g/mol. The number of aromatic nitrogens is 1. The number of aryl methyl sites for hydroxylation is 1. The molecule has 0 amide bonds. The molecule has 1 N–H and O–H groups in total. The maximum absolute atomic E-state index is 12.0. The fourth-order valence-electron chi connectivity index (χ4n) is 1.36. The van der Waals surface area contributed by atoms with Crippen LogP contribution in [-0.2, 0) is 15.8 Å². The molecule has 0 fully saturated rings. The van der Waals surface area contributed by atoms with E-state index in [2.05, 4.69) is 11.7 Å². The molecule has 0 radical (unpaired) electrons. The molecule has 0 spiro atoms. The fourth-order valence-corrected chi connectivity index (χ4v) is 2.75. The first-order chi connectivity index (χ1) is 7.99. The topological polar surface area (TPSA) is 83.6 Å². The fraction of sp³-hybridized carbons (Fsp3) is 0.500. The van der Waals surface area contributed by atoms with Gasteiger partial charge in [-0.2, -0.15) is 4.31 Å². The Morgan fingerprint density at radius 3 is 2.82 bits per heavy atom. The summed E-state index contributed by atoms with van der Waals surface area (Å²) in [4.78, 5) is 0. The Morgan fingerprint density at radius 1 is 1.65 bits per heavy atom. The van der Waals surface area contributed by atoms with Gasteiger partial charge in [0, 0.05) is 19.2 Å². The van der Waals surface area contributed by atoms with E-state index >= 15 is 0 Å². The van der Waals surface area contributed by atoms with E-state index in [1.54, 1.807) is 13.0 Å². The first kappa shape index (κ1) is 13.9. The molecule has 6 nitrogen and oxygen atoms in total. The summed E-state index contributed by atoms with van der Waals surface area (Å²) >= 11 is 0. The van der Waals surface area contributed by atoms with Gasteiger partial charge in [0.15, 0.2) is 0 Å². The average molecular weight is 260 g/mol.